The number of benzene rings is 2. The van der Waals surface area contributed by atoms with Gasteiger partial charge in [-0.1, -0.05) is 27.7 Å². The molecular weight excluding hydrogens is 418 g/mol. The molecular formula is C18H14BrN3O3S. The van der Waals surface area contributed by atoms with Gasteiger partial charge in [-0.15, -0.1) is 0 Å². The number of ketones is 1. The summed E-state index contributed by atoms with van der Waals surface area (Å²) < 4.78 is 12.1. The first-order valence-corrected chi connectivity index (χ1v) is 9.66. The fourth-order valence-electron chi connectivity index (χ4n) is 2.39. The van der Waals surface area contributed by atoms with Crippen molar-refractivity contribution in [1.29, 1.82) is 5.26 Å². The molecule has 0 bridgehead atoms. The SMILES string of the molecule is CSC(=Nc1cc2c(cc1C(=O)c1ccc(Br)cc1)OCCO2)NC#N. The van der Waals surface area contributed by atoms with Gasteiger partial charge in [-0.25, -0.2) is 4.99 Å². The largest absolute Gasteiger partial charge is 0.486 e. The van der Waals surface area contributed by atoms with Crippen molar-refractivity contribution < 1.29 is 14.3 Å². The Labute approximate surface area is 163 Å². The minimum absolute atomic E-state index is 0.189. The van der Waals surface area contributed by atoms with Gasteiger partial charge in [0.05, 0.1) is 11.3 Å². The molecule has 1 N–H and O–H groups in total. The Bertz CT molecular complexity index is 907. The molecule has 3 rings (SSSR count). The predicted molar refractivity (Wildman–Crippen MR) is 104 cm³/mol. The lowest BCUT2D eigenvalue weighted by Gasteiger charge is -2.20. The van der Waals surface area contributed by atoms with Gasteiger partial charge in [-0.3, -0.25) is 10.1 Å². The number of nitrogens with one attached hydrogen (secondary N) is 1. The van der Waals surface area contributed by atoms with Crippen molar-refractivity contribution in [2.24, 2.45) is 4.99 Å². The third-order valence-corrected chi connectivity index (χ3v) is 4.70. The molecule has 2 aromatic rings. The minimum Gasteiger partial charge on any atom is -0.486 e. The number of rotatable bonds is 3. The van der Waals surface area contributed by atoms with Crippen LogP contribution in [0.15, 0.2) is 45.9 Å². The maximum Gasteiger partial charge on any atom is 0.195 e. The van der Waals surface area contributed by atoms with E-state index >= 15 is 0 Å². The van der Waals surface area contributed by atoms with Crippen LogP contribution in [-0.4, -0.2) is 30.4 Å². The van der Waals surface area contributed by atoms with Crippen molar-refractivity contribution in [1.82, 2.24) is 5.32 Å². The number of ether oxygens (including phenoxy) is 2. The Morgan fingerprint density at radius 2 is 1.88 bits per heavy atom. The van der Waals surface area contributed by atoms with Crippen molar-refractivity contribution in [3.05, 3.63) is 52.0 Å². The average molecular weight is 432 g/mol. The van der Waals surface area contributed by atoms with Gasteiger partial charge in [0.15, 0.2) is 28.6 Å². The molecule has 0 saturated carbocycles. The number of fused-ring (bicyclic) bond motifs is 1. The van der Waals surface area contributed by atoms with Crippen LogP contribution in [0.3, 0.4) is 0 Å². The molecule has 0 aliphatic carbocycles. The van der Waals surface area contributed by atoms with Crippen LogP contribution in [0.5, 0.6) is 11.5 Å². The number of amidine groups is 1. The summed E-state index contributed by atoms with van der Waals surface area (Å²) in [6.07, 6.45) is 3.63. The molecule has 26 heavy (non-hydrogen) atoms. The zero-order valence-corrected chi connectivity index (χ0v) is 16.2. The molecule has 0 saturated heterocycles. The molecule has 1 heterocycles. The maximum atomic E-state index is 13.0. The highest BCUT2D eigenvalue weighted by molar-refractivity contribution is 9.10. The van der Waals surface area contributed by atoms with E-state index in [-0.39, 0.29) is 5.78 Å². The summed E-state index contributed by atoms with van der Waals surface area (Å²) in [5.41, 5.74) is 1.32. The topological polar surface area (TPSA) is 83.7 Å². The monoisotopic (exact) mass is 431 g/mol. The van der Waals surface area contributed by atoms with Crippen LogP contribution in [0, 0.1) is 11.5 Å². The van der Waals surface area contributed by atoms with E-state index in [1.807, 2.05) is 6.19 Å². The van der Waals surface area contributed by atoms with Crippen LogP contribution in [0.25, 0.3) is 0 Å². The van der Waals surface area contributed by atoms with Crippen molar-refractivity contribution >= 4 is 44.3 Å². The first kappa shape index (κ1) is 18.3. The lowest BCUT2D eigenvalue weighted by atomic mass is 10.0. The Kier molecular flexibility index (Phi) is 5.81. The Morgan fingerprint density at radius 1 is 1.23 bits per heavy atom. The van der Waals surface area contributed by atoms with Gasteiger partial charge in [0.1, 0.15) is 13.2 Å². The molecule has 0 spiro atoms. The van der Waals surface area contributed by atoms with E-state index < -0.39 is 0 Å². The summed E-state index contributed by atoms with van der Waals surface area (Å²) in [6.45, 7) is 0.857. The first-order valence-electron chi connectivity index (χ1n) is 7.64. The van der Waals surface area contributed by atoms with E-state index in [9.17, 15) is 4.79 Å². The second-order valence-corrected chi connectivity index (χ2v) is 6.92. The van der Waals surface area contributed by atoms with E-state index in [4.69, 9.17) is 14.7 Å². The number of carbonyl (C=O) groups is 1. The summed E-state index contributed by atoms with van der Waals surface area (Å²) in [4.78, 5) is 17.4. The zero-order chi connectivity index (χ0) is 18.5. The Hall–Kier alpha value is -2.50. The standard InChI is InChI=1S/C18H14BrN3O3S/c1-26-18(21-10-20)22-14-9-16-15(24-6-7-25-16)8-13(14)17(23)11-2-4-12(19)5-3-11/h2-5,8-9H,6-7H2,1H3,(H,21,22). The van der Waals surface area contributed by atoms with Crippen molar-refractivity contribution in [2.75, 3.05) is 19.5 Å². The highest BCUT2D eigenvalue weighted by Crippen LogP contribution is 2.38. The lowest BCUT2D eigenvalue weighted by Crippen LogP contribution is -2.16. The van der Waals surface area contributed by atoms with Gasteiger partial charge in [-0.2, -0.15) is 5.26 Å². The van der Waals surface area contributed by atoms with Gasteiger partial charge in [0, 0.05) is 16.1 Å². The van der Waals surface area contributed by atoms with E-state index in [2.05, 4.69) is 26.2 Å². The molecule has 8 heteroatoms. The molecule has 0 fully saturated rings. The Balaban J connectivity index is 2.10. The highest BCUT2D eigenvalue weighted by atomic mass is 79.9. The van der Waals surface area contributed by atoms with Gasteiger partial charge in [0.25, 0.3) is 0 Å². The fraction of sp³-hybridized carbons (Fsp3) is 0.167. The summed E-state index contributed by atoms with van der Waals surface area (Å²) in [7, 11) is 0. The molecule has 1 aliphatic heterocycles. The Morgan fingerprint density at radius 3 is 2.50 bits per heavy atom. The normalized spacial score (nSPS) is 13.0. The van der Waals surface area contributed by atoms with Crippen LogP contribution in [-0.2, 0) is 0 Å². The highest BCUT2D eigenvalue weighted by Gasteiger charge is 2.21. The average Bonchev–Trinajstić information content (AvgIpc) is 2.67. The summed E-state index contributed by atoms with van der Waals surface area (Å²) in [5.74, 6) is 0.847. The number of thioether (sulfide) groups is 1. The molecule has 0 aromatic heterocycles. The molecule has 6 nitrogen and oxygen atoms in total. The summed E-state index contributed by atoms with van der Waals surface area (Å²) in [6, 6.07) is 10.4. The number of hydrogen-bond donors (Lipinski definition) is 1. The smallest absolute Gasteiger partial charge is 0.195 e. The van der Waals surface area contributed by atoms with E-state index in [0.29, 0.717) is 46.7 Å². The molecule has 2 aromatic carbocycles. The van der Waals surface area contributed by atoms with Gasteiger partial charge < -0.3 is 9.47 Å². The second kappa shape index (κ2) is 8.25. The first-order chi connectivity index (χ1) is 12.6. The number of nitrogens with zero attached hydrogens (tertiary/aromatic N) is 2. The third kappa shape index (κ3) is 4.00. The van der Waals surface area contributed by atoms with Gasteiger partial charge >= 0.3 is 0 Å². The predicted octanol–water partition coefficient (Wildman–Crippen LogP) is 3.87. The van der Waals surface area contributed by atoms with E-state index in [1.54, 1.807) is 42.7 Å². The van der Waals surface area contributed by atoms with Gasteiger partial charge in [0.2, 0.25) is 0 Å². The molecule has 0 unspecified atom stereocenters. The maximum absolute atomic E-state index is 13.0. The molecule has 0 atom stereocenters. The van der Waals surface area contributed by atoms with Crippen LogP contribution in [0.2, 0.25) is 0 Å². The van der Waals surface area contributed by atoms with Crippen molar-refractivity contribution in [3.63, 3.8) is 0 Å². The molecule has 0 radical (unpaired) electrons. The molecule has 132 valence electrons. The molecule has 1 aliphatic rings. The quantitative estimate of drug-likeness (QED) is 0.261. The van der Waals surface area contributed by atoms with Gasteiger partial charge in [-0.05, 0) is 36.6 Å². The number of aliphatic imine (C=N–C) groups is 1. The number of hydrogen-bond acceptors (Lipinski definition) is 6. The van der Waals surface area contributed by atoms with E-state index in [1.165, 1.54) is 11.8 Å². The van der Waals surface area contributed by atoms with Crippen molar-refractivity contribution in [2.45, 2.75) is 0 Å². The van der Waals surface area contributed by atoms with E-state index in [0.717, 1.165) is 4.47 Å². The van der Waals surface area contributed by atoms with Crippen LogP contribution in [0.4, 0.5) is 5.69 Å². The van der Waals surface area contributed by atoms with Crippen LogP contribution >= 0.6 is 27.7 Å². The minimum atomic E-state index is -0.189. The van der Waals surface area contributed by atoms with Crippen LogP contribution in [0.1, 0.15) is 15.9 Å². The second-order valence-electron chi connectivity index (χ2n) is 5.21. The molecule has 0 amide bonds. The number of nitriles is 1. The third-order valence-electron chi connectivity index (χ3n) is 3.59. The van der Waals surface area contributed by atoms with Crippen molar-refractivity contribution in [3.8, 4) is 17.7 Å². The lowest BCUT2D eigenvalue weighted by molar-refractivity contribution is 0.103. The summed E-state index contributed by atoms with van der Waals surface area (Å²) in [5, 5.41) is 11.7. The fourth-order valence-corrected chi connectivity index (χ4v) is 2.99. The van der Waals surface area contributed by atoms with Crippen LogP contribution < -0.4 is 14.8 Å². The summed E-state index contributed by atoms with van der Waals surface area (Å²) >= 11 is 4.63. The zero-order valence-electron chi connectivity index (χ0n) is 13.8. The number of halogens is 1. The number of carbonyl (C=O) groups excluding carboxylic acids is 1.